The molecule has 3 aromatic carbocycles. The zero-order valence-corrected chi connectivity index (χ0v) is 14.7. The number of benzene rings is 3. The third-order valence-corrected chi connectivity index (χ3v) is 5.33. The van der Waals surface area contributed by atoms with Crippen LogP contribution in [0.15, 0.2) is 59.5 Å². The number of fused-ring (bicyclic) bond motifs is 1. The second-order valence-electron chi connectivity index (χ2n) is 5.56. The molecule has 0 aromatic heterocycles. The summed E-state index contributed by atoms with van der Waals surface area (Å²) in [5.74, 6) is -0.375. The van der Waals surface area contributed by atoms with Crippen LogP contribution in [0.4, 0.5) is 0 Å². The van der Waals surface area contributed by atoms with Gasteiger partial charge in [0.15, 0.2) is 15.6 Å². The molecule has 0 radical (unpaired) electrons. The molecular weight excluding hydrogens is 358 g/mol. The molecule has 0 spiro atoms. The summed E-state index contributed by atoms with van der Waals surface area (Å²) >= 11 is 6.12. The highest BCUT2D eigenvalue weighted by molar-refractivity contribution is 7.90. The average molecular weight is 370 g/mol. The summed E-state index contributed by atoms with van der Waals surface area (Å²) in [6.07, 6.45) is 1.12. The molecule has 25 heavy (non-hydrogen) atoms. The van der Waals surface area contributed by atoms with Crippen LogP contribution in [0.2, 0.25) is 5.02 Å². The summed E-state index contributed by atoms with van der Waals surface area (Å²) in [6, 6.07) is 16.2. The van der Waals surface area contributed by atoms with Gasteiger partial charge >= 0.3 is 0 Å². The highest BCUT2D eigenvalue weighted by atomic mass is 35.5. The van der Waals surface area contributed by atoms with E-state index in [1.165, 1.54) is 18.2 Å². The van der Waals surface area contributed by atoms with E-state index in [0.717, 1.165) is 6.26 Å². The van der Waals surface area contributed by atoms with Crippen LogP contribution in [0.3, 0.4) is 0 Å². The zero-order chi connectivity index (χ0) is 18.2. The maximum Gasteiger partial charge on any atom is 0.196 e. The van der Waals surface area contributed by atoms with Crippen molar-refractivity contribution in [3.05, 3.63) is 76.3 Å². The van der Waals surface area contributed by atoms with Crippen LogP contribution in [-0.4, -0.2) is 20.5 Å². The van der Waals surface area contributed by atoms with E-state index in [2.05, 4.69) is 0 Å². The standard InChI is InChI=1S/C19H12ClNO3S/c1-25(23,24)14-8-9-15-12(10-14)6-7-13(11-21)18(15)19(22)16-4-2-3-5-17(16)20/h2-10H,1H3. The van der Waals surface area contributed by atoms with Crippen molar-refractivity contribution in [3.63, 3.8) is 0 Å². The fourth-order valence-electron chi connectivity index (χ4n) is 2.66. The van der Waals surface area contributed by atoms with Gasteiger partial charge in [0.2, 0.25) is 0 Å². The van der Waals surface area contributed by atoms with E-state index in [-0.39, 0.29) is 21.8 Å². The minimum Gasteiger partial charge on any atom is -0.288 e. The number of hydrogen-bond acceptors (Lipinski definition) is 4. The molecule has 0 heterocycles. The number of sulfone groups is 1. The Balaban J connectivity index is 2.31. The van der Waals surface area contributed by atoms with Crippen molar-refractivity contribution in [1.82, 2.24) is 0 Å². The largest absolute Gasteiger partial charge is 0.288 e. The summed E-state index contributed by atoms with van der Waals surface area (Å²) in [4.78, 5) is 13.1. The minimum absolute atomic E-state index is 0.154. The maximum atomic E-state index is 13.0. The third kappa shape index (κ3) is 3.14. The molecule has 0 amide bonds. The highest BCUT2D eigenvalue weighted by Crippen LogP contribution is 2.29. The van der Waals surface area contributed by atoms with Crippen molar-refractivity contribution in [2.24, 2.45) is 0 Å². The van der Waals surface area contributed by atoms with Crippen molar-refractivity contribution < 1.29 is 13.2 Å². The molecule has 0 aliphatic carbocycles. The first-order chi connectivity index (χ1) is 11.8. The molecule has 0 saturated carbocycles. The molecule has 0 aliphatic heterocycles. The lowest BCUT2D eigenvalue weighted by Gasteiger charge is -2.10. The number of hydrogen-bond donors (Lipinski definition) is 0. The number of halogens is 1. The van der Waals surface area contributed by atoms with E-state index in [4.69, 9.17) is 11.6 Å². The van der Waals surface area contributed by atoms with E-state index in [1.54, 1.807) is 36.4 Å². The second-order valence-corrected chi connectivity index (χ2v) is 7.99. The summed E-state index contributed by atoms with van der Waals surface area (Å²) in [5.41, 5.74) is 0.720. The van der Waals surface area contributed by atoms with Gasteiger partial charge in [-0.25, -0.2) is 8.42 Å². The fourth-order valence-corrected chi connectivity index (χ4v) is 3.53. The molecule has 4 nitrogen and oxygen atoms in total. The summed E-state index contributed by atoms with van der Waals surface area (Å²) in [6.45, 7) is 0. The first kappa shape index (κ1) is 17.2. The van der Waals surface area contributed by atoms with Gasteiger partial charge in [0.1, 0.15) is 0 Å². The van der Waals surface area contributed by atoms with E-state index < -0.39 is 9.84 Å². The second kappa shape index (κ2) is 6.32. The third-order valence-electron chi connectivity index (χ3n) is 3.89. The normalized spacial score (nSPS) is 11.2. The fraction of sp³-hybridized carbons (Fsp3) is 0.0526. The number of carbonyl (C=O) groups is 1. The maximum absolute atomic E-state index is 13.0. The first-order valence-corrected chi connectivity index (χ1v) is 9.56. The van der Waals surface area contributed by atoms with Crippen molar-refractivity contribution >= 4 is 38.0 Å². The van der Waals surface area contributed by atoms with Crippen LogP contribution in [0, 0.1) is 11.3 Å². The molecule has 0 N–H and O–H groups in total. The van der Waals surface area contributed by atoms with E-state index in [0.29, 0.717) is 21.4 Å². The molecule has 0 saturated heterocycles. The van der Waals surface area contributed by atoms with Crippen molar-refractivity contribution in [3.8, 4) is 6.07 Å². The molecule has 124 valence electrons. The van der Waals surface area contributed by atoms with Crippen molar-refractivity contribution in [2.45, 2.75) is 4.90 Å². The Morgan fingerprint density at radius 3 is 2.44 bits per heavy atom. The van der Waals surface area contributed by atoms with Crippen LogP contribution < -0.4 is 0 Å². The van der Waals surface area contributed by atoms with Gasteiger partial charge in [-0.05, 0) is 41.1 Å². The van der Waals surface area contributed by atoms with Crippen LogP contribution in [-0.2, 0) is 9.84 Å². The Morgan fingerprint density at radius 1 is 1.08 bits per heavy atom. The first-order valence-electron chi connectivity index (χ1n) is 7.29. The van der Waals surface area contributed by atoms with Crippen molar-refractivity contribution in [1.29, 1.82) is 5.26 Å². The van der Waals surface area contributed by atoms with Crippen LogP contribution >= 0.6 is 11.6 Å². The van der Waals surface area contributed by atoms with Gasteiger partial charge in [0.25, 0.3) is 0 Å². The Hall–Kier alpha value is -2.68. The SMILES string of the molecule is CS(=O)(=O)c1ccc2c(C(=O)c3ccccc3Cl)c(C#N)ccc2c1. The summed E-state index contributed by atoms with van der Waals surface area (Å²) in [5, 5.41) is 10.8. The Morgan fingerprint density at radius 2 is 1.80 bits per heavy atom. The van der Waals surface area contributed by atoms with Crippen LogP contribution in [0.5, 0.6) is 0 Å². The summed E-state index contributed by atoms with van der Waals surface area (Å²) < 4.78 is 23.5. The number of ketones is 1. The number of rotatable bonds is 3. The molecule has 0 unspecified atom stereocenters. The lowest BCUT2D eigenvalue weighted by atomic mass is 9.93. The Kier molecular flexibility index (Phi) is 4.34. The smallest absolute Gasteiger partial charge is 0.196 e. The molecule has 3 rings (SSSR count). The lowest BCUT2D eigenvalue weighted by molar-refractivity contribution is 0.104. The van der Waals surface area contributed by atoms with Gasteiger partial charge < -0.3 is 0 Å². The highest BCUT2D eigenvalue weighted by Gasteiger charge is 2.20. The molecule has 0 aliphatic rings. The van der Waals surface area contributed by atoms with Crippen LogP contribution in [0.25, 0.3) is 10.8 Å². The molecule has 3 aromatic rings. The minimum atomic E-state index is -3.37. The topological polar surface area (TPSA) is 75.0 Å². The van der Waals surface area contributed by atoms with E-state index in [9.17, 15) is 18.5 Å². The van der Waals surface area contributed by atoms with Crippen LogP contribution in [0.1, 0.15) is 21.5 Å². The molecule has 6 heteroatoms. The zero-order valence-electron chi connectivity index (χ0n) is 13.2. The number of carbonyl (C=O) groups excluding carboxylic acids is 1. The van der Waals surface area contributed by atoms with E-state index in [1.807, 2.05) is 6.07 Å². The predicted octanol–water partition coefficient (Wildman–Crippen LogP) is 4.00. The predicted molar refractivity (Wildman–Crippen MR) is 96.7 cm³/mol. The molecule has 0 fully saturated rings. The average Bonchev–Trinajstić information content (AvgIpc) is 2.59. The molecule has 0 atom stereocenters. The number of nitriles is 1. The number of nitrogens with zero attached hydrogens (tertiary/aromatic N) is 1. The molecule has 0 bridgehead atoms. The van der Waals surface area contributed by atoms with Crippen molar-refractivity contribution in [2.75, 3.05) is 6.26 Å². The van der Waals surface area contributed by atoms with E-state index >= 15 is 0 Å². The quantitative estimate of drug-likeness (QED) is 0.654. The lowest BCUT2D eigenvalue weighted by Crippen LogP contribution is -2.06. The van der Waals surface area contributed by atoms with Gasteiger partial charge in [0.05, 0.1) is 21.6 Å². The Bertz CT molecular complexity index is 1160. The summed E-state index contributed by atoms with van der Waals surface area (Å²) in [7, 11) is -3.37. The monoisotopic (exact) mass is 369 g/mol. The van der Waals surface area contributed by atoms with Gasteiger partial charge in [-0.2, -0.15) is 5.26 Å². The van der Waals surface area contributed by atoms with Gasteiger partial charge in [0, 0.05) is 17.4 Å². The van der Waals surface area contributed by atoms with Gasteiger partial charge in [-0.1, -0.05) is 35.9 Å². The van der Waals surface area contributed by atoms with Gasteiger partial charge in [-0.3, -0.25) is 4.79 Å². The van der Waals surface area contributed by atoms with Gasteiger partial charge in [-0.15, -0.1) is 0 Å². The molecular formula is C19H12ClNO3S. The Labute approximate surface area is 150 Å².